The minimum atomic E-state index is -0.470. The van der Waals surface area contributed by atoms with Crippen molar-refractivity contribution in [1.82, 2.24) is 4.90 Å². The molecule has 6 nitrogen and oxygen atoms in total. The molecule has 0 unspecified atom stereocenters. The molecule has 2 aliphatic rings. The summed E-state index contributed by atoms with van der Waals surface area (Å²) in [7, 11) is 0. The van der Waals surface area contributed by atoms with E-state index in [4.69, 9.17) is 10.5 Å². The Balaban J connectivity index is 2.20. The van der Waals surface area contributed by atoms with Crippen LogP contribution in [0.5, 0.6) is 0 Å². The number of carbonyl (C=O) groups excluding carboxylic acids is 1. The van der Waals surface area contributed by atoms with E-state index in [1.807, 2.05) is 37.4 Å². The monoisotopic (exact) mass is 414 g/mol. The van der Waals surface area contributed by atoms with E-state index in [1.54, 1.807) is 23.6 Å². The highest BCUT2D eigenvalue weighted by Crippen LogP contribution is 2.46. The number of aliphatic imine (C=N–C) groups is 1. The first-order valence-electron chi connectivity index (χ1n) is 9.05. The number of ether oxygens (including phenoxy) is 1. The highest BCUT2D eigenvalue weighted by atomic mass is 32.2. The topological polar surface area (TPSA) is 91.7 Å². The average molecular weight is 415 g/mol. The average Bonchev–Trinajstić information content (AvgIpc) is 3.03. The Morgan fingerprint density at radius 2 is 2.11 bits per heavy atom. The van der Waals surface area contributed by atoms with Crippen LogP contribution in [-0.4, -0.2) is 28.9 Å². The fourth-order valence-electron chi connectivity index (χ4n) is 3.24. The van der Waals surface area contributed by atoms with Gasteiger partial charge in [0.05, 0.1) is 23.9 Å². The van der Waals surface area contributed by atoms with Gasteiger partial charge in [-0.3, -0.25) is 4.90 Å². The van der Waals surface area contributed by atoms with Gasteiger partial charge in [-0.25, -0.2) is 9.79 Å². The Morgan fingerprint density at radius 3 is 2.68 bits per heavy atom. The molecule has 0 aromatic heterocycles. The van der Waals surface area contributed by atoms with Crippen molar-refractivity contribution in [3.05, 3.63) is 51.8 Å². The number of hydrogen-bond acceptors (Lipinski definition) is 8. The number of thioether (sulfide) groups is 2. The molecule has 0 saturated carbocycles. The van der Waals surface area contributed by atoms with Gasteiger partial charge >= 0.3 is 5.97 Å². The molecule has 0 radical (unpaired) electrons. The number of hydrogen-bond donors (Lipinski definition) is 1. The highest BCUT2D eigenvalue weighted by molar-refractivity contribution is 8.17. The minimum absolute atomic E-state index is 0.278. The molecule has 0 spiro atoms. The molecule has 1 atom stereocenters. The smallest absolute Gasteiger partial charge is 0.338 e. The first-order chi connectivity index (χ1) is 13.5. The van der Waals surface area contributed by atoms with Gasteiger partial charge in [0.1, 0.15) is 16.8 Å². The molecule has 2 heterocycles. The number of fused-ring (bicyclic) bond motifs is 1. The molecule has 2 aliphatic heterocycles. The van der Waals surface area contributed by atoms with Crippen LogP contribution in [0.2, 0.25) is 0 Å². The lowest BCUT2D eigenvalue weighted by atomic mass is 9.93. The molecule has 0 fully saturated rings. The molecule has 28 heavy (non-hydrogen) atoms. The van der Waals surface area contributed by atoms with Gasteiger partial charge in [0, 0.05) is 4.90 Å². The maximum atomic E-state index is 12.9. The van der Waals surface area contributed by atoms with E-state index in [1.165, 1.54) is 11.8 Å². The van der Waals surface area contributed by atoms with Crippen molar-refractivity contribution in [3.63, 3.8) is 0 Å². The molecule has 0 saturated heterocycles. The molecule has 3 rings (SSSR count). The Morgan fingerprint density at radius 1 is 1.39 bits per heavy atom. The summed E-state index contributed by atoms with van der Waals surface area (Å²) in [6, 6.07) is 9.68. The van der Waals surface area contributed by atoms with Crippen molar-refractivity contribution in [1.29, 1.82) is 5.26 Å². The molecule has 146 valence electrons. The van der Waals surface area contributed by atoms with Crippen molar-refractivity contribution in [2.24, 2.45) is 10.7 Å². The molecular weight excluding hydrogens is 392 g/mol. The number of amidine groups is 1. The molecule has 0 bridgehead atoms. The van der Waals surface area contributed by atoms with Crippen molar-refractivity contribution < 1.29 is 9.53 Å². The first-order valence-corrected chi connectivity index (χ1v) is 11.1. The summed E-state index contributed by atoms with van der Waals surface area (Å²) in [5, 5.41) is 10.1. The molecule has 0 aliphatic carbocycles. The number of nitrogens with zero attached hydrogens (tertiary/aromatic N) is 3. The van der Waals surface area contributed by atoms with Gasteiger partial charge in [-0.05, 0) is 49.1 Å². The normalized spacial score (nSPS) is 18.7. The number of rotatable bonds is 6. The van der Waals surface area contributed by atoms with E-state index < -0.39 is 12.0 Å². The van der Waals surface area contributed by atoms with Crippen molar-refractivity contribution in [2.75, 3.05) is 12.9 Å². The van der Waals surface area contributed by atoms with Gasteiger partial charge in [-0.15, -0.1) is 11.8 Å². The fraction of sp³-hybridized carbons (Fsp3) is 0.350. The Hall–Kier alpha value is -2.37. The van der Waals surface area contributed by atoms with Gasteiger partial charge in [0.15, 0.2) is 5.17 Å². The fourth-order valence-corrected chi connectivity index (χ4v) is 4.54. The van der Waals surface area contributed by atoms with Crippen LogP contribution in [0.15, 0.2) is 56.1 Å². The molecule has 1 aromatic rings. The second-order valence-electron chi connectivity index (χ2n) is 6.20. The Labute approximate surface area is 173 Å². The number of carbonyl (C=O) groups is 1. The van der Waals surface area contributed by atoms with Gasteiger partial charge in [-0.2, -0.15) is 5.26 Å². The SMILES string of the molecule is CCCC1=C(C(=O)OCC)[C@H](c2ccc(SC)cc2)N2C(=N1)SC(C#N)=C2N. The molecule has 1 aromatic carbocycles. The molecular formula is C20H22N4O2S2. The van der Waals surface area contributed by atoms with Crippen LogP contribution in [0.25, 0.3) is 0 Å². The molecule has 2 N–H and O–H groups in total. The quantitative estimate of drug-likeness (QED) is 0.552. The molecule has 0 amide bonds. The number of nitriles is 1. The van der Waals surface area contributed by atoms with Gasteiger partial charge < -0.3 is 10.5 Å². The van der Waals surface area contributed by atoms with Crippen LogP contribution < -0.4 is 5.73 Å². The zero-order valence-corrected chi connectivity index (χ0v) is 17.7. The summed E-state index contributed by atoms with van der Waals surface area (Å²) >= 11 is 2.89. The summed E-state index contributed by atoms with van der Waals surface area (Å²) in [5.41, 5.74) is 8.39. The van der Waals surface area contributed by atoms with E-state index in [-0.39, 0.29) is 6.61 Å². The van der Waals surface area contributed by atoms with Crippen LogP contribution >= 0.6 is 23.5 Å². The Kier molecular flexibility index (Phi) is 6.37. The number of allylic oxidation sites excluding steroid dienone is 2. The van der Waals surface area contributed by atoms with Gasteiger partial charge in [-0.1, -0.05) is 25.5 Å². The lowest BCUT2D eigenvalue weighted by molar-refractivity contribution is -0.139. The summed E-state index contributed by atoms with van der Waals surface area (Å²) < 4.78 is 5.37. The van der Waals surface area contributed by atoms with Crippen LogP contribution in [0.4, 0.5) is 0 Å². The third kappa shape index (κ3) is 3.64. The van der Waals surface area contributed by atoms with Crippen LogP contribution in [-0.2, 0) is 9.53 Å². The predicted octanol–water partition coefficient (Wildman–Crippen LogP) is 4.14. The summed E-state index contributed by atoms with van der Waals surface area (Å²) in [6.45, 7) is 4.10. The second-order valence-corrected chi connectivity index (χ2v) is 8.06. The lowest BCUT2D eigenvalue weighted by Crippen LogP contribution is -2.39. The maximum absolute atomic E-state index is 12.9. The summed E-state index contributed by atoms with van der Waals surface area (Å²) in [4.78, 5) is 20.9. The number of nitrogens with two attached hydrogens (primary N) is 1. The van der Waals surface area contributed by atoms with Gasteiger partial charge in [0.2, 0.25) is 0 Å². The van der Waals surface area contributed by atoms with E-state index >= 15 is 0 Å². The summed E-state index contributed by atoms with van der Waals surface area (Å²) in [5.74, 6) is -0.0709. The predicted molar refractivity (Wildman–Crippen MR) is 113 cm³/mol. The lowest BCUT2D eigenvalue weighted by Gasteiger charge is -2.35. The third-order valence-corrected chi connectivity index (χ3v) is 6.20. The minimum Gasteiger partial charge on any atom is -0.463 e. The van der Waals surface area contributed by atoms with E-state index in [9.17, 15) is 10.1 Å². The van der Waals surface area contributed by atoms with Crippen molar-refractivity contribution in [3.8, 4) is 6.07 Å². The Bertz CT molecular complexity index is 913. The van der Waals surface area contributed by atoms with Crippen LogP contribution in [0.3, 0.4) is 0 Å². The number of esters is 1. The third-order valence-electron chi connectivity index (χ3n) is 4.48. The number of benzene rings is 1. The summed E-state index contributed by atoms with van der Waals surface area (Å²) in [6.07, 6.45) is 3.50. The van der Waals surface area contributed by atoms with E-state index in [0.29, 0.717) is 33.6 Å². The standard InChI is InChI=1S/C20H22N4O2S2/c1-4-6-14-16(19(25)26-5-2)17(12-7-9-13(27-3)10-8-12)24-18(22)15(11-21)28-20(24)23-14/h7-10,17H,4-6,22H2,1-3H3/t17-/m0/s1. The van der Waals surface area contributed by atoms with Crippen molar-refractivity contribution >= 4 is 34.7 Å². The second kappa shape index (κ2) is 8.76. The molecule has 8 heteroatoms. The largest absolute Gasteiger partial charge is 0.463 e. The van der Waals surface area contributed by atoms with Gasteiger partial charge in [0.25, 0.3) is 0 Å². The van der Waals surface area contributed by atoms with Crippen LogP contribution in [0.1, 0.15) is 38.3 Å². The van der Waals surface area contributed by atoms with Crippen LogP contribution in [0, 0.1) is 11.3 Å². The first kappa shape index (κ1) is 20.4. The van der Waals surface area contributed by atoms with E-state index in [2.05, 4.69) is 11.1 Å². The zero-order chi connectivity index (χ0) is 20.3. The van der Waals surface area contributed by atoms with E-state index in [0.717, 1.165) is 16.9 Å². The van der Waals surface area contributed by atoms with Crippen molar-refractivity contribution in [2.45, 2.75) is 37.6 Å². The zero-order valence-electron chi connectivity index (χ0n) is 16.1. The highest BCUT2D eigenvalue weighted by Gasteiger charge is 2.43. The maximum Gasteiger partial charge on any atom is 0.338 e.